The van der Waals surface area contributed by atoms with Gasteiger partial charge < -0.3 is 0 Å². The summed E-state index contributed by atoms with van der Waals surface area (Å²) >= 11 is 0. The second kappa shape index (κ2) is 2.58. The minimum absolute atomic E-state index is 0.578. The van der Waals surface area contributed by atoms with Crippen LogP contribution < -0.4 is 0 Å². The normalized spacial score (nSPS) is 29.9. The predicted molar refractivity (Wildman–Crippen MR) is 55.4 cm³/mol. The highest BCUT2D eigenvalue weighted by Gasteiger charge is 2.56. The van der Waals surface area contributed by atoms with E-state index < -0.39 is 0 Å². The van der Waals surface area contributed by atoms with Crippen molar-refractivity contribution < 1.29 is 0 Å². The van der Waals surface area contributed by atoms with Crippen molar-refractivity contribution in [2.75, 3.05) is 0 Å². The van der Waals surface area contributed by atoms with Crippen LogP contribution in [0.5, 0.6) is 0 Å². The zero-order valence-corrected chi connectivity index (χ0v) is 8.51. The molecule has 1 saturated carbocycles. The van der Waals surface area contributed by atoms with Crippen molar-refractivity contribution in [3.8, 4) is 11.5 Å². The Bertz CT molecular complexity index is 554. The third-order valence-electron chi connectivity index (χ3n) is 3.73. The molecule has 2 aromatic heterocycles. The SMILES string of the molecule is C=C[C@@H]1[C@H]2Cc3c(-c4nn[nH]n4)n[nH]c3[C@@H]12. The summed E-state index contributed by atoms with van der Waals surface area (Å²) in [6, 6.07) is 0. The molecule has 2 aliphatic carbocycles. The lowest BCUT2D eigenvalue weighted by Crippen LogP contribution is -1.92. The second-order valence-corrected chi connectivity index (χ2v) is 4.41. The Morgan fingerprint density at radius 1 is 1.38 bits per heavy atom. The standard InChI is InChI=1S/C10H10N6/c1-2-4-5-3-6-8(7(4)5)11-12-9(6)10-13-15-16-14-10/h2,4-5,7H,1,3H2,(H,11,12)(H,13,14,15,16)/t4-,5-,7+/m1/s1. The number of fused-ring (bicyclic) bond motifs is 3. The lowest BCUT2D eigenvalue weighted by Gasteiger charge is -1.98. The van der Waals surface area contributed by atoms with Crippen molar-refractivity contribution in [3.63, 3.8) is 0 Å². The Morgan fingerprint density at radius 2 is 2.31 bits per heavy atom. The van der Waals surface area contributed by atoms with Crippen LogP contribution in [0.3, 0.4) is 0 Å². The number of nitrogens with zero attached hydrogens (tertiary/aromatic N) is 4. The number of nitrogens with one attached hydrogen (secondary N) is 2. The quantitative estimate of drug-likeness (QED) is 0.719. The van der Waals surface area contributed by atoms with Gasteiger partial charge >= 0.3 is 0 Å². The largest absolute Gasteiger partial charge is 0.281 e. The number of rotatable bonds is 2. The topological polar surface area (TPSA) is 83.1 Å². The number of hydrogen-bond acceptors (Lipinski definition) is 4. The zero-order chi connectivity index (χ0) is 10.7. The van der Waals surface area contributed by atoms with Crippen molar-refractivity contribution in [2.24, 2.45) is 11.8 Å². The van der Waals surface area contributed by atoms with Gasteiger partial charge in [0.15, 0.2) is 0 Å². The fourth-order valence-electron chi connectivity index (χ4n) is 2.94. The molecular formula is C10H10N6. The van der Waals surface area contributed by atoms with Gasteiger partial charge in [0.2, 0.25) is 5.82 Å². The first kappa shape index (κ1) is 8.20. The van der Waals surface area contributed by atoms with Gasteiger partial charge in [0.1, 0.15) is 5.69 Å². The average molecular weight is 214 g/mol. The minimum Gasteiger partial charge on any atom is -0.281 e. The van der Waals surface area contributed by atoms with Crippen molar-refractivity contribution in [3.05, 3.63) is 23.9 Å². The number of aromatic amines is 2. The summed E-state index contributed by atoms with van der Waals surface area (Å²) in [5.74, 6) is 2.52. The third-order valence-corrected chi connectivity index (χ3v) is 3.73. The first-order valence-corrected chi connectivity index (χ1v) is 5.33. The van der Waals surface area contributed by atoms with E-state index in [2.05, 4.69) is 37.4 Å². The summed E-state index contributed by atoms with van der Waals surface area (Å²) in [6.45, 7) is 3.86. The molecule has 2 aromatic rings. The maximum atomic E-state index is 4.28. The predicted octanol–water partition coefficient (Wildman–Crippen LogP) is 0.661. The van der Waals surface area contributed by atoms with E-state index in [1.807, 2.05) is 6.08 Å². The maximum Gasteiger partial charge on any atom is 0.225 e. The lowest BCUT2D eigenvalue weighted by molar-refractivity contribution is 0.798. The van der Waals surface area contributed by atoms with Crippen LogP contribution in [-0.2, 0) is 6.42 Å². The Balaban J connectivity index is 1.80. The molecule has 0 saturated heterocycles. The Hall–Kier alpha value is -1.98. The van der Waals surface area contributed by atoms with Gasteiger partial charge in [0.05, 0.1) is 0 Å². The van der Waals surface area contributed by atoms with Gasteiger partial charge in [-0.2, -0.15) is 10.3 Å². The Labute approximate surface area is 91.1 Å². The van der Waals surface area contributed by atoms with Crippen LogP contribution in [0.1, 0.15) is 17.2 Å². The first-order valence-electron chi connectivity index (χ1n) is 5.33. The molecule has 16 heavy (non-hydrogen) atoms. The molecule has 3 atom stereocenters. The van der Waals surface area contributed by atoms with E-state index in [1.54, 1.807) is 0 Å². The molecule has 80 valence electrons. The molecule has 0 aliphatic heterocycles. The number of hydrogen-bond donors (Lipinski definition) is 2. The molecule has 2 aliphatic rings. The van der Waals surface area contributed by atoms with E-state index in [4.69, 9.17) is 0 Å². The molecule has 0 spiro atoms. The average Bonchev–Trinajstić information content (AvgIpc) is 2.73. The Morgan fingerprint density at radius 3 is 3.06 bits per heavy atom. The number of tetrazole rings is 1. The van der Waals surface area contributed by atoms with Gasteiger partial charge in [-0.25, -0.2) is 0 Å². The summed E-state index contributed by atoms with van der Waals surface area (Å²) in [6.07, 6.45) is 3.10. The van der Waals surface area contributed by atoms with E-state index in [0.717, 1.165) is 12.1 Å². The molecule has 1 fully saturated rings. The molecular weight excluding hydrogens is 204 g/mol. The van der Waals surface area contributed by atoms with Crippen LogP contribution in [0.4, 0.5) is 0 Å². The molecule has 2 heterocycles. The summed E-state index contributed by atoms with van der Waals surface area (Å²) in [5.41, 5.74) is 3.35. The second-order valence-electron chi connectivity index (χ2n) is 4.41. The Kier molecular flexibility index (Phi) is 1.32. The van der Waals surface area contributed by atoms with Crippen LogP contribution in [0.15, 0.2) is 12.7 Å². The highest BCUT2D eigenvalue weighted by atomic mass is 15.5. The molecule has 0 unspecified atom stereocenters. The van der Waals surface area contributed by atoms with Crippen molar-refractivity contribution in [1.29, 1.82) is 0 Å². The fraction of sp³-hybridized carbons (Fsp3) is 0.400. The van der Waals surface area contributed by atoms with Crippen molar-refractivity contribution in [2.45, 2.75) is 12.3 Å². The summed E-state index contributed by atoms with van der Waals surface area (Å²) in [5, 5.41) is 21.3. The van der Waals surface area contributed by atoms with Gasteiger partial charge in [-0.1, -0.05) is 6.08 Å². The van der Waals surface area contributed by atoms with Gasteiger partial charge in [-0.05, 0) is 23.5 Å². The zero-order valence-electron chi connectivity index (χ0n) is 8.51. The highest BCUT2D eigenvalue weighted by Crippen LogP contribution is 2.62. The van der Waals surface area contributed by atoms with Gasteiger partial charge in [0, 0.05) is 17.2 Å². The molecule has 6 nitrogen and oxygen atoms in total. The number of H-pyrrole nitrogens is 2. The molecule has 2 N–H and O–H groups in total. The third kappa shape index (κ3) is 0.827. The highest BCUT2D eigenvalue weighted by molar-refractivity contribution is 5.60. The van der Waals surface area contributed by atoms with Crippen LogP contribution in [0.2, 0.25) is 0 Å². The molecule has 0 aromatic carbocycles. The van der Waals surface area contributed by atoms with Crippen LogP contribution in [0.25, 0.3) is 11.5 Å². The maximum absolute atomic E-state index is 4.28. The fourth-order valence-corrected chi connectivity index (χ4v) is 2.94. The smallest absolute Gasteiger partial charge is 0.225 e. The van der Waals surface area contributed by atoms with Gasteiger partial charge in [0.25, 0.3) is 0 Å². The van der Waals surface area contributed by atoms with Crippen molar-refractivity contribution >= 4 is 0 Å². The van der Waals surface area contributed by atoms with E-state index >= 15 is 0 Å². The number of aromatic nitrogens is 6. The monoisotopic (exact) mass is 214 g/mol. The minimum atomic E-state index is 0.578. The van der Waals surface area contributed by atoms with Gasteiger partial charge in [-0.15, -0.1) is 16.8 Å². The first-order chi connectivity index (χ1) is 7.90. The summed E-state index contributed by atoms with van der Waals surface area (Å²) in [7, 11) is 0. The van der Waals surface area contributed by atoms with E-state index in [-0.39, 0.29) is 0 Å². The van der Waals surface area contributed by atoms with E-state index in [0.29, 0.717) is 23.6 Å². The van der Waals surface area contributed by atoms with Crippen molar-refractivity contribution in [1.82, 2.24) is 30.8 Å². The summed E-state index contributed by atoms with van der Waals surface area (Å²) < 4.78 is 0. The van der Waals surface area contributed by atoms with E-state index in [1.165, 1.54) is 11.3 Å². The molecule has 0 bridgehead atoms. The van der Waals surface area contributed by atoms with Crippen LogP contribution >= 0.6 is 0 Å². The summed E-state index contributed by atoms with van der Waals surface area (Å²) in [4.78, 5) is 0. The molecule has 4 rings (SSSR count). The molecule has 0 radical (unpaired) electrons. The molecule has 0 amide bonds. The lowest BCUT2D eigenvalue weighted by atomic mass is 10.1. The van der Waals surface area contributed by atoms with Crippen LogP contribution in [-0.4, -0.2) is 30.8 Å². The van der Waals surface area contributed by atoms with Gasteiger partial charge in [-0.3, -0.25) is 5.10 Å². The molecule has 6 heteroatoms. The number of allylic oxidation sites excluding steroid dienone is 1. The van der Waals surface area contributed by atoms with Crippen LogP contribution in [0, 0.1) is 11.8 Å². The van der Waals surface area contributed by atoms with E-state index in [9.17, 15) is 0 Å².